The van der Waals surface area contributed by atoms with Crippen LogP contribution in [-0.4, -0.2) is 25.5 Å². The zero-order chi connectivity index (χ0) is 20.2. The predicted octanol–water partition coefficient (Wildman–Crippen LogP) is 4.65. The molecular weight excluding hydrogens is 386 g/mol. The summed E-state index contributed by atoms with van der Waals surface area (Å²) in [7, 11) is 0. The van der Waals surface area contributed by atoms with E-state index in [1.165, 1.54) is 0 Å². The monoisotopic (exact) mass is 405 g/mol. The highest BCUT2D eigenvalue weighted by Crippen LogP contribution is 2.46. The molecule has 5 rings (SSSR count). The van der Waals surface area contributed by atoms with Gasteiger partial charge in [-0.25, -0.2) is 4.68 Å². The summed E-state index contributed by atoms with van der Waals surface area (Å²) in [6.45, 7) is 4.23. The van der Waals surface area contributed by atoms with Gasteiger partial charge < -0.3 is 5.32 Å². The number of halogens is 1. The number of rotatable bonds is 2. The van der Waals surface area contributed by atoms with E-state index in [-0.39, 0.29) is 11.2 Å². The van der Waals surface area contributed by atoms with Crippen molar-refractivity contribution >= 4 is 23.3 Å². The zero-order valence-corrected chi connectivity index (χ0v) is 16.9. The molecule has 7 heteroatoms. The van der Waals surface area contributed by atoms with Crippen LogP contribution in [0.5, 0.6) is 0 Å². The van der Waals surface area contributed by atoms with E-state index < -0.39 is 6.04 Å². The number of hydrogen-bond acceptors (Lipinski definition) is 5. The van der Waals surface area contributed by atoms with Crippen LogP contribution in [0.4, 0.5) is 5.95 Å². The number of nitrogens with zero attached hydrogens (tertiary/aromatic N) is 4. The number of anilines is 1. The molecule has 0 saturated heterocycles. The lowest BCUT2D eigenvalue weighted by Gasteiger charge is -2.38. The van der Waals surface area contributed by atoms with Crippen LogP contribution in [0, 0.1) is 5.41 Å². The van der Waals surface area contributed by atoms with E-state index in [1.54, 1.807) is 17.1 Å². The number of benzene rings is 1. The van der Waals surface area contributed by atoms with Gasteiger partial charge in [0.05, 0.1) is 0 Å². The summed E-state index contributed by atoms with van der Waals surface area (Å²) in [5.41, 5.74) is 3.26. The second kappa shape index (κ2) is 6.52. The third-order valence-electron chi connectivity index (χ3n) is 5.47. The summed E-state index contributed by atoms with van der Waals surface area (Å²) in [5, 5.41) is 8.74. The molecule has 0 radical (unpaired) electrons. The Kier molecular flexibility index (Phi) is 4.06. The van der Waals surface area contributed by atoms with Crippen molar-refractivity contribution in [3.63, 3.8) is 0 Å². The molecule has 3 aromatic rings. The number of pyridine rings is 1. The first-order valence-corrected chi connectivity index (χ1v) is 9.95. The lowest BCUT2D eigenvalue weighted by molar-refractivity contribution is -0.118. The molecule has 0 saturated carbocycles. The molecule has 0 spiro atoms. The van der Waals surface area contributed by atoms with Gasteiger partial charge >= 0.3 is 0 Å². The summed E-state index contributed by atoms with van der Waals surface area (Å²) in [4.78, 5) is 22.0. The first-order chi connectivity index (χ1) is 13.9. The van der Waals surface area contributed by atoms with Crippen LogP contribution in [0.25, 0.3) is 11.4 Å². The van der Waals surface area contributed by atoms with Crippen molar-refractivity contribution < 1.29 is 4.79 Å². The molecule has 1 N–H and O–H groups in total. The van der Waals surface area contributed by atoms with Crippen molar-refractivity contribution in [2.24, 2.45) is 5.41 Å². The molecule has 1 atom stereocenters. The fourth-order valence-corrected chi connectivity index (χ4v) is 4.46. The minimum atomic E-state index is -0.401. The van der Waals surface area contributed by atoms with E-state index in [1.807, 2.05) is 36.4 Å². The molecule has 0 fully saturated rings. The Labute approximate surface area is 173 Å². The Morgan fingerprint density at radius 1 is 1.14 bits per heavy atom. The normalized spacial score (nSPS) is 20.1. The van der Waals surface area contributed by atoms with Gasteiger partial charge in [0.1, 0.15) is 6.04 Å². The Morgan fingerprint density at radius 3 is 2.66 bits per heavy atom. The molecule has 0 bridgehead atoms. The van der Waals surface area contributed by atoms with Crippen molar-refractivity contribution in [1.82, 2.24) is 19.7 Å². The summed E-state index contributed by atoms with van der Waals surface area (Å²) in [6, 6.07) is 11.0. The Morgan fingerprint density at radius 2 is 1.90 bits per heavy atom. The number of hydrogen-bond donors (Lipinski definition) is 1. The molecule has 1 unspecified atom stereocenters. The van der Waals surface area contributed by atoms with Crippen LogP contribution in [0.3, 0.4) is 0 Å². The van der Waals surface area contributed by atoms with Crippen LogP contribution in [0.15, 0.2) is 60.1 Å². The van der Waals surface area contributed by atoms with Crippen molar-refractivity contribution in [3.8, 4) is 11.4 Å². The third-order valence-corrected chi connectivity index (χ3v) is 5.81. The molecule has 3 heterocycles. The fourth-order valence-electron chi connectivity index (χ4n) is 4.22. The van der Waals surface area contributed by atoms with Gasteiger partial charge in [-0.05, 0) is 30.0 Å². The summed E-state index contributed by atoms with van der Waals surface area (Å²) in [6.07, 6.45) is 4.69. The van der Waals surface area contributed by atoms with E-state index in [2.05, 4.69) is 24.1 Å². The largest absolute Gasteiger partial charge is 0.328 e. The molecule has 2 aliphatic rings. The number of nitrogens with one attached hydrogen (secondary N) is 1. The Balaban J connectivity index is 1.71. The average Bonchev–Trinajstić information content (AvgIpc) is 3.10. The van der Waals surface area contributed by atoms with Crippen LogP contribution < -0.4 is 5.32 Å². The van der Waals surface area contributed by atoms with Gasteiger partial charge in [0.2, 0.25) is 5.95 Å². The number of ketones is 1. The lowest BCUT2D eigenvalue weighted by atomic mass is 9.73. The Hall–Kier alpha value is -2.99. The molecule has 29 heavy (non-hydrogen) atoms. The van der Waals surface area contributed by atoms with Gasteiger partial charge in [0, 0.05) is 46.2 Å². The summed E-state index contributed by atoms with van der Waals surface area (Å²) < 4.78 is 1.78. The SMILES string of the molecule is CC1(C)CC(=O)C2=C(C1)Nc1nc(-c3ccncc3)nn1C2c1ccccc1Cl. The standard InChI is InChI=1S/C22H20ClN5O/c1-22(2)11-16-18(17(29)12-22)19(14-5-3-4-6-15(14)23)28-21(25-16)26-20(27-28)13-7-9-24-10-8-13/h3-10,19H,11-12H2,1-2H3,(H,25,26,27). The van der Waals surface area contributed by atoms with Gasteiger partial charge in [0.15, 0.2) is 11.6 Å². The number of carbonyl (C=O) groups excluding carboxylic acids is 1. The van der Waals surface area contributed by atoms with E-state index in [0.29, 0.717) is 23.2 Å². The van der Waals surface area contributed by atoms with Gasteiger partial charge in [-0.1, -0.05) is 43.6 Å². The second-order valence-corrected chi connectivity index (χ2v) is 8.73. The topological polar surface area (TPSA) is 72.7 Å². The second-order valence-electron chi connectivity index (χ2n) is 8.32. The quantitative estimate of drug-likeness (QED) is 0.671. The van der Waals surface area contributed by atoms with Gasteiger partial charge in [-0.15, -0.1) is 5.10 Å². The van der Waals surface area contributed by atoms with Crippen LogP contribution >= 0.6 is 11.6 Å². The number of Topliss-reactive ketones (excluding diaryl/α,β-unsaturated/α-hetero) is 1. The van der Waals surface area contributed by atoms with Gasteiger partial charge in [0.25, 0.3) is 0 Å². The van der Waals surface area contributed by atoms with Gasteiger partial charge in [-0.3, -0.25) is 9.78 Å². The molecule has 6 nitrogen and oxygen atoms in total. The number of fused-ring (bicyclic) bond motifs is 1. The van der Waals surface area contributed by atoms with Crippen molar-refractivity contribution in [1.29, 1.82) is 0 Å². The maximum Gasteiger partial charge on any atom is 0.226 e. The van der Waals surface area contributed by atoms with Crippen LogP contribution in [-0.2, 0) is 4.79 Å². The first-order valence-electron chi connectivity index (χ1n) is 9.58. The smallest absolute Gasteiger partial charge is 0.226 e. The highest BCUT2D eigenvalue weighted by molar-refractivity contribution is 6.31. The average molecular weight is 406 g/mol. The summed E-state index contributed by atoms with van der Waals surface area (Å²) >= 11 is 6.56. The van der Waals surface area contributed by atoms with Gasteiger partial charge in [-0.2, -0.15) is 4.98 Å². The molecule has 2 aromatic heterocycles. The maximum atomic E-state index is 13.2. The van der Waals surface area contributed by atoms with E-state index in [4.69, 9.17) is 21.7 Å². The lowest BCUT2D eigenvalue weighted by Crippen LogP contribution is -2.36. The minimum Gasteiger partial charge on any atom is -0.328 e. The molecule has 1 aliphatic heterocycles. The molecule has 146 valence electrons. The highest BCUT2D eigenvalue weighted by atomic mass is 35.5. The van der Waals surface area contributed by atoms with E-state index in [0.717, 1.165) is 28.8 Å². The molecule has 1 aliphatic carbocycles. The first kappa shape index (κ1) is 18.1. The Bertz CT molecular complexity index is 1150. The predicted molar refractivity (Wildman–Crippen MR) is 112 cm³/mol. The third kappa shape index (κ3) is 3.04. The molecule has 1 aromatic carbocycles. The minimum absolute atomic E-state index is 0.107. The maximum absolute atomic E-state index is 13.2. The van der Waals surface area contributed by atoms with Crippen molar-refractivity contribution in [3.05, 3.63) is 70.6 Å². The summed E-state index contributed by atoms with van der Waals surface area (Å²) in [5.74, 6) is 1.32. The van der Waals surface area contributed by atoms with E-state index in [9.17, 15) is 4.79 Å². The van der Waals surface area contributed by atoms with E-state index >= 15 is 0 Å². The molecular formula is C22H20ClN5O. The van der Waals surface area contributed by atoms with Crippen LogP contribution in [0.1, 0.15) is 38.3 Å². The number of allylic oxidation sites excluding steroid dienone is 2. The molecule has 0 amide bonds. The van der Waals surface area contributed by atoms with Crippen molar-refractivity contribution in [2.45, 2.75) is 32.7 Å². The highest BCUT2D eigenvalue weighted by Gasteiger charge is 2.42. The number of aromatic nitrogens is 4. The fraction of sp³-hybridized carbons (Fsp3) is 0.273. The number of carbonyl (C=O) groups is 1. The van der Waals surface area contributed by atoms with Crippen molar-refractivity contribution in [2.75, 3.05) is 5.32 Å². The van der Waals surface area contributed by atoms with Crippen LogP contribution in [0.2, 0.25) is 5.02 Å². The zero-order valence-electron chi connectivity index (χ0n) is 16.2.